The second-order valence-electron chi connectivity index (χ2n) is 4.56. The molecule has 3 nitrogen and oxygen atoms in total. The number of halogens is 2. The summed E-state index contributed by atoms with van der Waals surface area (Å²) < 4.78 is 6.33. The van der Waals surface area contributed by atoms with Gasteiger partial charge in [0.15, 0.2) is 0 Å². The van der Waals surface area contributed by atoms with E-state index >= 15 is 0 Å². The molecule has 1 N–H and O–H groups in total. The summed E-state index contributed by atoms with van der Waals surface area (Å²) in [6, 6.07) is 17.5. The van der Waals surface area contributed by atoms with Crippen LogP contribution in [-0.4, -0.2) is 5.16 Å². The summed E-state index contributed by atoms with van der Waals surface area (Å²) in [4.78, 5) is 0. The van der Waals surface area contributed by atoms with Gasteiger partial charge in [-0.3, -0.25) is 0 Å². The molecule has 0 atom stereocenters. The number of hydrogen-bond acceptors (Lipinski definition) is 3. The molecule has 0 aliphatic rings. The van der Waals surface area contributed by atoms with Crippen molar-refractivity contribution in [3.63, 3.8) is 0 Å². The predicted molar refractivity (Wildman–Crippen MR) is 88.4 cm³/mol. The van der Waals surface area contributed by atoms with Crippen LogP contribution >= 0.6 is 27.5 Å². The van der Waals surface area contributed by atoms with E-state index in [9.17, 15) is 0 Å². The molecular formula is C16H12BrClN2O. The molecule has 0 saturated heterocycles. The van der Waals surface area contributed by atoms with Crippen LogP contribution in [0.15, 0.2) is 63.6 Å². The molecule has 0 aliphatic heterocycles. The lowest BCUT2D eigenvalue weighted by Crippen LogP contribution is -1.97. The van der Waals surface area contributed by atoms with Gasteiger partial charge in [0.1, 0.15) is 5.69 Å². The van der Waals surface area contributed by atoms with Crippen molar-refractivity contribution in [2.24, 2.45) is 0 Å². The van der Waals surface area contributed by atoms with Gasteiger partial charge in [-0.1, -0.05) is 57.0 Å². The Kier molecular flexibility index (Phi) is 4.27. The molecule has 21 heavy (non-hydrogen) atoms. The van der Waals surface area contributed by atoms with Crippen molar-refractivity contribution < 1.29 is 4.52 Å². The number of benzene rings is 2. The first-order chi connectivity index (χ1) is 10.2. The number of aromatic nitrogens is 1. The van der Waals surface area contributed by atoms with E-state index in [4.69, 9.17) is 16.1 Å². The first kappa shape index (κ1) is 14.2. The van der Waals surface area contributed by atoms with Gasteiger partial charge in [0.05, 0.1) is 0 Å². The molecular weight excluding hydrogens is 352 g/mol. The van der Waals surface area contributed by atoms with Crippen molar-refractivity contribution in [2.45, 2.75) is 6.54 Å². The molecule has 1 aromatic heterocycles. The fourth-order valence-corrected chi connectivity index (χ4v) is 2.30. The molecule has 0 bridgehead atoms. The summed E-state index contributed by atoms with van der Waals surface area (Å²) in [6.45, 7) is 0.659. The lowest BCUT2D eigenvalue weighted by molar-refractivity contribution is 0.434. The normalized spacial score (nSPS) is 10.6. The molecule has 0 saturated carbocycles. The second kappa shape index (κ2) is 6.33. The molecule has 2 aromatic carbocycles. The fourth-order valence-electron chi connectivity index (χ4n) is 1.91. The summed E-state index contributed by atoms with van der Waals surface area (Å²) in [5.74, 6) is 0.642. The van der Waals surface area contributed by atoms with E-state index in [1.54, 1.807) is 0 Å². The predicted octanol–water partition coefficient (Wildman–Crippen LogP) is 5.37. The third-order valence-electron chi connectivity index (χ3n) is 3.03. The third kappa shape index (κ3) is 3.65. The van der Waals surface area contributed by atoms with E-state index in [1.807, 2.05) is 54.6 Å². The van der Waals surface area contributed by atoms with Crippen LogP contribution in [0.2, 0.25) is 5.02 Å². The Morgan fingerprint density at radius 3 is 2.48 bits per heavy atom. The minimum atomic E-state index is 0.642. The Morgan fingerprint density at radius 2 is 1.76 bits per heavy atom. The zero-order valence-corrected chi connectivity index (χ0v) is 13.4. The zero-order chi connectivity index (χ0) is 14.7. The molecule has 0 radical (unpaired) electrons. The van der Waals surface area contributed by atoms with Crippen LogP contribution in [0.3, 0.4) is 0 Å². The van der Waals surface area contributed by atoms with Gasteiger partial charge in [-0.2, -0.15) is 0 Å². The second-order valence-corrected chi connectivity index (χ2v) is 5.92. The highest BCUT2D eigenvalue weighted by molar-refractivity contribution is 9.10. The highest BCUT2D eigenvalue weighted by atomic mass is 79.9. The first-order valence-corrected chi connectivity index (χ1v) is 7.59. The van der Waals surface area contributed by atoms with Crippen LogP contribution in [0.25, 0.3) is 11.3 Å². The molecule has 0 unspecified atom stereocenters. The molecule has 5 heteroatoms. The number of hydrogen-bond donors (Lipinski definition) is 1. The Balaban J connectivity index is 1.67. The van der Waals surface area contributed by atoms with Crippen LogP contribution in [0.4, 0.5) is 5.88 Å². The maximum absolute atomic E-state index is 5.86. The molecule has 0 spiro atoms. The summed E-state index contributed by atoms with van der Waals surface area (Å²) in [7, 11) is 0. The lowest BCUT2D eigenvalue weighted by Gasteiger charge is -2.01. The van der Waals surface area contributed by atoms with Crippen LogP contribution in [0.1, 0.15) is 5.56 Å². The average molecular weight is 364 g/mol. The van der Waals surface area contributed by atoms with Crippen LogP contribution in [0, 0.1) is 0 Å². The largest absolute Gasteiger partial charge is 0.350 e. The van der Waals surface area contributed by atoms with Crippen molar-refractivity contribution in [3.05, 3.63) is 69.7 Å². The molecule has 1 heterocycles. The molecule has 3 aromatic rings. The van der Waals surface area contributed by atoms with Gasteiger partial charge in [0, 0.05) is 27.7 Å². The molecule has 0 amide bonds. The van der Waals surface area contributed by atoms with E-state index in [0.29, 0.717) is 12.4 Å². The van der Waals surface area contributed by atoms with Gasteiger partial charge < -0.3 is 9.84 Å². The van der Waals surface area contributed by atoms with Gasteiger partial charge in [0.25, 0.3) is 0 Å². The van der Waals surface area contributed by atoms with Gasteiger partial charge in [-0.15, -0.1) is 0 Å². The zero-order valence-electron chi connectivity index (χ0n) is 11.0. The van der Waals surface area contributed by atoms with Gasteiger partial charge >= 0.3 is 0 Å². The van der Waals surface area contributed by atoms with Crippen molar-refractivity contribution in [1.82, 2.24) is 5.16 Å². The van der Waals surface area contributed by atoms with Crippen LogP contribution < -0.4 is 5.32 Å². The van der Waals surface area contributed by atoms with Crippen molar-refractivity contribution >= 4 is 33.4 Å². The molecule has 106 valence electrons. The number of anilines is 1. The van der Waals surface area contributed by atoms with Crippen molar-refractivity contribution in [2.75, 3.05) is 5.32 Å². The number of nitrogens with one attached hydrogen (secondary N) is 1. The van der Waals surface area contributed by atoms with E-state index in [1.165, 1.54) is 0 Å². The van der Waals surface area contributed by atoms with E-state index in [0.717, 1.165) is 26.3 Å². The minimum absolute atomic E-state index is 0.642. The van der Waals surface area contributed by atoms with E-state index < -0.39 is 0 Å². The maximum Gasteiger partial charge on any atom is 0.225 e. The minimum Gasteiger partial charge on any atom is -0.350 e. The standard InChI is InChI=1S/C16H12BrClN2O/c17-13-5-3-12(4-6-13)15-9-16(21-20-15)19-10-11-1-7-14(18)8-2-11/h1-9,19H,10H2. The third-order valence-corrected chi connectivity index (χ3v) is 3.81. The summed E-state index contributed by atoms with van der Waals surface area (Å²) in [5.41, 5.74) is 2.95. The van der Waals surface area contributed by atoms with Gasteiger partial charge in [-0.05, 0) is 29.8 Å². The fraction of sp³-hybridized carbons (Fsp3) is 0.0625. The van der Waals surface area contributed by atoms with Crippen molar-refractivity contribution in [3.8, 4) is 11.3 Å². The lowest BCUT2D eigenvalue weighted by atomic mass is 10.1. The highest BCUT2D eigenvalue weighted by Crippen LogP contribution is 2.23. The van der Waals surface area contributed by atoms with Gasteiger partial charge in [0.2, 0.25) is 5.88 Å². The Bertz CT molecular complexity index is 723. The molecule has 0 fully saturated rings. The Labute approximate surface area is 136 Å². The quantitative estimate of drug-likeness (QED) is 0.677. The van der Waals surface area contributed by atoms with Crippen molar-refractivity contribution in [1.29, 1.82) is 0 Å². The number of nitrogens with zero attached hydrogens (tertiary/aromatic N) is 1. The molecule has 3 rings (SSSR count). The van der Waals surface area contributed by atoms with Crippen LogP contribution in [0.5, 0.6) is 0 Å². The summed E-state index contributed by atoms with van der Waals surface area (Å²) >= 11 is 9.27. The number of rotatable bonds is 4. The molecule has 0 aliphatic carbocycles. The average Bonchev–Trinajstić information content (AvgIpc) is 2.96. The maximum atomic E-state index is 5.86. The van der Waals surface area contributed by atoms with E-state index in [2.05, 4.69) is 26.4 Å². The van der Waals surface area contributed by atoms with Crippen LogP contribution in [-0.2, 0) is 6.54 Å². The SMILES string of the molecule is Clc1ccc(CNc2cc(-c3ccc(Br)cc3)no2)cc1. The first-order valence-electron chi connectivity index (χ1n) is 6.42. The summed E-state index contributed by atoms with van der Waals surface area (Å²) in [6.07, 6.45) is 0. The smallest absolute Gasteiger partial charge is 0.225 e. The summed E-state index contributed by atoms with van der Waals surface area (Å²) in [5, 5.41) is 8.00. The highest BCUT2D eigenvalue weighted by Gasteiger charge is 2.06. The Morgan fingerprint density at radius 1 is 1.05 bits per heavy atom. The Hall–Kier alpha value is -1.78. The van der Waals surface area contributed by atoms with E-state index in [-0.39, 0.29) is 0 Å². The topological polar surface area (TPSA) is 38.1 Å². The monoisotopic (exact) mass is 362 g/mol. The van der Waals surface area contributed by atoms with Gasteiger partial charge in [-0.25, -0.2) is 0 Å².